The van der Waals surface area contributed by atoms with E-state index in [1.807, 2.05) is 13.8 Å². The average molecular weight is 262 g/mol. The van der Waals surface area contributed by atoms with Crippen LogP contribution in [0.5, 0.6) is 0 Å². The third-order valence-corrected chi connectivity index (χ3v) is 4.81. The Morgan fingerprint density at radius 1 is 1.11 bits per heavy atom. The molecule has 1 aromatic heterocycles. The molecule has 0 aliphatic heterocycles. The zero-order valence-electron chi connectivity index (χ0n) is 13.5. The minimum Gasteiger partial charge on any atom is -0.264 e. The van der Waals surface area contributed by atoms with Crippen molar-refractivity contribution in [1.82, 2.24) is 9.78 Å². The van der Waals surface area contributed by atoms with Crippen LogP contribution in [-0.4, -0.2) is 9.78 Å². The van der Waals surface area contributed by atoms with Gasteiger partial charge in [0, 0.05) is 5.69 Å². The van der Waals surface area contributed by atoms with Gasteiger partial charge >= 0.3 is 0 Å². The van der Waals surface area contributed by atoms with Gasteiger partial charge in [0.2, 0.25) is 0 Å². The topological polar surface area (TPSA) is 17.8 Å². The van der Waals surface area contributed by atoms with Gasteiger partial charge in [0.05, 0.1) is 11.7 Å². The molecule has 1 aromatic rings. The number of nitrogens with zero attached hydrogens (tertiary/aromatic N) is 2. The quantitative estimate of drug-likeness (QED) is 0.676. The molecule has 0 bridgehead atoms. The Balaban J connectivity index is 0.000000637. The standard InChI is InChI=1S/C15H24N2.C2H6/c1-10-12-6-5-11-9-16-17(15(2,3)4)14(11)8-7-13(10)12;1-2/h9-10,12-13H,5-8H2,1-4H3;1-2H3/t10?,12-,13+;/m0./s1. The van der Waals surface area contributed by atoms with Gasteiger partial charge in [0.25, 0.3) is 0 Å². The summed E-state index contributed by atoms with van der Waals surface area (Å²) in [5, 5.41) is 4.63. The van der Waals surface area contributed by atoms with Crippen LogP contribution in [-0.2, 0) is 18.4 Å². The second kappa shape index (κ2) is 5.30. The smallest absolute Gasteiger partial charge is 0.0546 e. The number of aromatic nitrogens is 2. The van der Waals surface area contributed by atoms with Crippen LogP contribution in [0.3, 0.4) is 0 Å². The number of aryl methyl sites for hydroxylation is 1. The maximum absolute atomic E-state index is 4.63. The summed E-state index contributed by atoms with van der Waals surface area (Å²) in [6.07, 6.45) is 7.36. The molecule has 2 heteroatoms. The molecular formula is C17H30N2. The maximum atomic E-state index is 4.63. The summed E-state index contributed by atoms with van der Waals surface area (Å²) < 4.78 is 2.26. The minimum atomic E-state index is 0.126. The van der Waals surface area contributed by atoms with Gasteiger partial charge in [-0.05, 0) is 69.8 Å². The zero-order chi connectivity index (χ0) is 14.2. The van der Waals surface area contributed by atoms with Crippen LogP contribution in [0.1, 0.15) is 65.6 Å². The molecule has 3 atom stereocenters. The van der Waals surface area contributed by atoms with Crippen molar-refractivity contribution >= 4 is 0 Å². The van der Waals surface area contributed by atoms with Gasteiger partial charge in [-0.3, -0.25) is 4.68 Å². The van der Waals surface area contributed by atoms with E-state index in [4.69, 9.17) is 0 Å². The Hall–Kier alpha value is -0.790. The molecule has 0 amide bonds. The second-order valence-electron chi connectivity index (χ2n) is 6.96. The van der Waals surface area contributed by atoms with Crippen LogP contribution >= 0.6 is 0 Å². The van der Waals surface area contributed by atoms with Gasteiger partial charge in [-0.25, -0.2) is 0 Å². The molecule has 0 aromatic carbocycles. The summed E-state index contributed by atoms with van der Waals surface area (Å²) in [5.41, 5.74) is 3.15. The highest BCUT2D eigenvalue weighted by Gasteiger charge is 2.46. The number of fused-ring (bicyclic) bond motifs is 2. The Labute approximate surface area is 118 Å². The molecule has 3 rings (SSSR count). The molecule has 1 fully saturated rings. The fourth-order valence-corrected chi connectivity index (χ4v) is 3.68. The Bertz CT molecular complexity index is 425. The highest BCUT2D eigenvalue weighted by atomic mass is 15.3. The van der Waals surface area contributed by atoms with Crippen molar-refractivity contribution in [2.45, 2.75) is 72.8 Å². The molecule has 1 heterocycles. The molecule has 19 heavy (non-hydrogen) atoms. The molecule has 2 aliphatic rings. The summed E-state index contributed by atoms with van der Waals surface area (Å²) in [6.45, 7) is 13.2. The number of hydrogen-bond donors (Lipinski definition) is 0. The summed E-state index contributed by atoms with van der Waals surface area (Å²) in [6, 6.07) is 0. The SMILES string of the molecule is CC.CC1[C@H]2CCc3c(cnn3C(C)(C)C)CC[C@@H]12. The molecule has 2 nitrogen and oxygen atoms in total. The first kappa shape index (κ1) is 14.6. The lowest BCUT2D eigenvalue weighted by Crippen LogP contribution is -2.26. The molecule has 1 unspecified atom stereocenters. The first-order valence-electron chi connectivity index (χ1n) is 8.05. The van der Waals surface area contributed by atoms with E-state index in [-0.39, 0.29) is 5.54 Å². The summed E-state index contributed by atoms with van der Waals surface area (Å²) >= 11 is 0. The number of hydrogen-bond acceptors (Lipinski definition) is 1. The normalized spacial score (nSPS) is 29.3. The van der Waals surface area contributed by atoms with Crippen molar-refractivity contribution in [2.75, 3.05) is 0 Å². The van der Waals surface area contributed by atoms with E-state index in [9.17, 15) is 0 Å². The second-order valence-corrected chi connectivity index (χ2v) is 6.96. The third kappa shape index (κ3) is 2.73. The lowest BCUT2D eigenvalue weighted by atomic mass is 9.98. The van der Waals surface area contributed by atoms with Crippen LogP contribution in [0.15, 0.2) is 6.20 Å². The lowest BCUT2D eigenvalue weighted by molar-refractivity contribution is 0.339. The molecule has 0 spiro atoms. The van der Waals surface area contributed by atoms with Crippen molar-refractivity contribution < 1.29 is 0 Å². The van der Waals surface area contributed by atoms with Crippen LogP contribution in [0.2, 0.25) is 0 Å². The van der Waals surface area contributed by atoms with Gasteiger partial charge < -0.3 is 0 Å². The van der Waals surface area contributed by atoms with E-state index in [1.54, 1.807) is 0 Å². The lowest BCUT2D eigenvalue weighted by Gasteiger charge is -2.23. The van der Waals surface area contributed by atoms with Gasteiger partial charge in [-0.1, -0.05) is 20.8 Å². The van der Waals surface area contributed by atoms with E-state index < -0.39 is 0 Å². The van der Waals surface area contributed by atoms with Crippen LogP contribution in [0, 0.1) is 17.8 Å². The predicted molar refractivity (Wildman–Crippen MR) is 81.4 cm³/mol. The van der Waals surface area contributed by atoms with E-state index >= 15 is 0 Å². The minimum absolute atomic E-state index is 0.126. The van der Waals surface area contributed by atoms with Crippen LogP contribution in [0.25, 0.3) is 0 Å². The number of rotatable bonds is 0. The van der Waals surface area contributed by atoms with E-state index in [1.165, 1.54) is 36.9 Å². The van der Waals surface area contributed by atoms with Crippen LogP contribution < -0.4 is 0 Å². The van der Waals surface area contributed by atoms with Crippen molar-refractivity contribution in [2.24, 2.45) is 17.8 Å². The monoisotopic (exact) mass is 262 g/mol. The highest BCUT2D eigenvalue weighted by molar-refractivity contribution is 5.22. The van der Waals surface area contributed by atoms with Crippen molar-refractivity contribution in [3.05, 3.63) is 17.5 Å². The van der Waals surface area contributed by atoms with Gasteiger partial charge in [-0.15, -0.1) is 0 Å². The largest absolute Gasteiger partial charge is 0.264 e. The third-order valence-electron chi connectivity index (χ3n) is 4.81. The molecule has 0 radical (unpaired) electrons. The Morgan fingerprint density at radius 2 is 1.68 bits per heavy atom. The summed E-state index contributed by atoms with van der Waals surface area (Å²) in [4.78, 5) is 0. The van der Waals surface area contributed by atoms with Gasteiger partial charge in [0.1, 0.15) is 0 Å². The Morgan fingerprint density at radius 3 is 2.26 bits per heavy atom. The molecule has 0 saturated heterocycles. The zero-order valence-corrected chi connectivity index (χ0v) is 13.5. The highest BCUT2D eigenvalue weighted by Crippen LogP contribution is 2.52. The van der Waals surface area contributed by atoms with E-state index in [0.717, 1.165) is 17.8 Å². The first-order valence-corrected chi connectivity index (χ1v) is 8.05. The van der Waals surface area contributed by atoms with Crippen LogP contribution in [0.4, 0.5) is 0 Å². The molecular weight excluding hydrogens is 232 g/mol. The molecule has 2 aliphatic carbocycles. The van der Waals surface area contributed by atoms with Crippen molar-refractivity contribution in [3.8, 4) is 0 Å². The van der Waals surface area contributed by atoms with Gasteiger partial charge in [-0.2, -0.15) is 5.10 Å². The average Bonchev–Trinajstić information content (AvgIpc) is 2.75. The first-order chi connectivity index (χ1) is 8.98. The summed E-state index contributed by atoms with van der Waals surface area (Å²) in [7, 11) is 0. The fourth-order valence-electron chi connectivity index (χ4n) is 3.68. The fraction of sp³-hybridized carbons (Fsp3) is 0.824. The molecule has 0 N–H and O–H groups in total. The predicted octanol–water partition coefficient (Wildman–Crippen LogP) is 4.43. The maximum Gasteiger partial charge on any atom is 0.0546 e. The van der Waals surface area contributed by atoms with Crippen molar-refractivity contribution in [3.63, 3.8) is 0 Å². The molecule has 108 valence electrons. The van der Waals surface area contributed by atoms with E-state index in [2.05, 4.69) is 43.7 Å². The summed E-state index contributed by atoms with van der Waals surface area (Å²) in [5.74, 6) is 3.00. The van der Waals surface area contributed by atoms with Gasteiger partial charge in [0.15, 0.2) is 0 Å². The van der Waals surface area contributed by atoms with Crippen molar-refractivity contribution in [1.29, 1.82) is 0 Å². The molecule has 1 saturated carbocycles. The Kier molecular flexibility index (Phi) is 4.08. The van der Waals surface area contributed by atoms with E-state index in [0.29, 0.717) is 0 Å².